The lowest BCUT2D eigenvalue weighted by molar-refractivity contribution is 0.0942. The molecule has 0 aliphatic carbocycles. The molecule has 2 rings (SSSR count). The molecule has 1 aromatic rings. The molecule has 58 valence electrons. The van der Waals surface area contributed by atoms with Crippen molar-refractivity contribution in [3.8, 4) is 0 Å². The van der Waals surface area contributed by atoms with E-state index in [-0.39, 0.29) is 11.9 Å². The predicted molar refractivity (Wildman–Crippen MR) is 43.6 cm³/mol. The fraction of sp³-hybridized carbons (Fsp3) is 0.286. The lowest BCUT2D eigenvalue weighted by Crippen LogP contribution is -2.37. The topological polar surface area (TPSA) is 55.1 Å². The van der Waals surface area contributed by atoms with E-state index in [1.807, 2.05) is 11.4 Å². The summed E-state index contributed by atoms with van der Waals surface area (Å²) in [5.41, 5.74) is 6.49. The van der Waals surface area contributed by atoms with Gasteiger partial charge >= 0.3 is 0 Å². The average Bonchev–Trinajstić information content (AvgIpc) is 2.45. The van der Waals surface area contributed by atoms with Crippen molar-refractivity contribution in [3.63, 3.8) is 0 Å². The van der Waals surface area contributed by atoms with Crippen molar-refractivity contribution >= 4 is 17.2 Å². The number of carbonyl (C=O) groups excluding carboxylic acids is 1. The van der Waals surface area contributed by atoms with Crippen molar-refractivity contribution in [2.75, 3.05) is 6.54 Å². The van der Waals surface area contributed by atoms with E-state index >= 15 is 0 Å². The molecule has 3 nitrogen and oxygen atoms in total. The van der Waals surface area contributed by atoms with E-state index in [0.29, 0.717) is 6.54 Å². The smallest absolute Gasteiger partial charge is 0.252 e. The summed E-state index contributed by atoms with van der Waals surface area (Å²) in [6.45, 7) is 0.562. The summed E-state index contributed by atoms with van der Waals surface area (Å²) in [5.74, 6) is 0.00273. The lowest BCUT2D eigenvalue weighted by atomic mass is 10.1. The van der Waals surface area contributed by atoms with Gasteiger partial charge in [0.2, 0.25) is 0 Å². The SMILES string of the molecule is NC1CNC(=O)c2ccsc21. The molecule has 0 bridgehead atoms. The summed E-state index contributed by atoms with van der Waals surface area (Å²) >= 11 is 1.55. The molecule has 1 aliphatic heterocycles. The molecule has 2 heterocycles. The van der Waals surface area contributed by atoms with Gasteiger partial charge in [-0.25, -0.2) is 0 Å². The summed E-state index contributed by atoms with van der Waals surface area (Å²) in [6, 6.07) is 1.80. The Balaban J connectivity index is 2.51. The van der Waals surface area contributed by atoms with E-state index in [1.54, 1.807) is 11.3 Å². The van der Waals surface area contributed by atoms with E-state index < -0.39 is 0 Å². The largest absolute Gasteiger partial charge is 0.350 e. The highest BCUT2D eigenvalue weighted by Gasteiger charge is 2.23. The highest BCUT2D eigenvalue weighted by Crippen LogP contribution is 2.25. The van der Waals surface area contributed by atoms with Crippen molar-refractivity contribution in [1.82, 2.24) is 5.32 Å². The van der Waals surface area contributed by atoms with Crippen LogP contribution in [-0.2, 0) is 0 Å². The zero-order valence-corrected chi connectivity index (χ0v) is 6.65. The van der Waals surface area contributed by atoms with Gasteiger partial charge in [0.05, 0.1) is 11.6 Å². The highest BCUT2D eigenvalue weighted by atomic mass is 32.1. The number of carbonyl (C=O) groups is 1. The minimum atomic E-state index is -0.0114. The number of hydrogen-bond acceptors (Lipinski definition) is 3. The molecule has 11 heavy (non-hydrogen) atoms. The lowest BCUT2D eigenvalue weighted by Gasteiger charge is -2.18. The van der Waals surface area contributed by atoms with Crippen LogP contribution in [0.3, 0.4) is 0 Å². The van der Waals surface area contributed by atoms with Crippen molar-refractivity contribution < 1.29 is 4.79 Å². The third kappa shape index (κ3) is 0.948. The predicted octanol–water partition coefficient (Wildman–Crippen LogP) is 0.491. The van der Waals surface area contributed by atoms with E-state index in [9.17, 15) is 4.79 Å². The van der Waals surface area contributed by atoms with Crippen LogP contribution in [0.2, 0.25) is 0 Å². The second-order valence-electron chi connectivity index (χ2n) is 2.52. The van der Waals surface area contributed by atoms with Gasteiger partial charge < -0.3 is 11.1 Å². The maximum absolute atomic E-state index is 11.1. The number of amides is 1. The first-order valence-electron chi connectivity index (χ1n) is 3.40. The fourth-order valence-electron chi connectivity index (χ4n) is 1.19. The maximum Gasteiger partial charge on any atom is 0.252 e. The Kier molecular flexibility index (Phi) is 1.44. The minimum absolute atomic E-state index is 0.00273. The van der Waals surface area contributed by atoms with Crippen LogP contribution in [-0.4, -0.2) is 12.5 Å². The Hall–Kier alpha value is -0.870. The average molecular weight is 168 g/mol. The van der Waals surface area contributed by atoms with Crippen LogP contribution in [0.5, 0.6) is 0 Å². The molecule has 0 fully saturated rings. The molecule has 0 radical (unpaired) electrons. The number of thiophene rings is 1. The van der Waals surface area contributed by atoms with E-state index in [4.69, 9.17) is 5.73 Å². The van der Waals surface area contributed by atoms with Crippen molar-refractivity contribution in [2.24, 2.45) is 5.73 Å². The molecular weight excluding hydrogens is 160 g/mol. The summed E-state index contributed by atoms with van der Waals surface area (Å²) in [4.78, 5) is 12.1. The van der Waals surface area contributed by atoms with Gasteiger partial charge in [-0.05, 0) is 11.4 Å². The molecule has 1 amide bonds. The van der Waals surface area contributed by atoms with Crippen LogP contribution in [0.4, 0.5) is 0 Å². The van der Waals surface area contributed by atoms with Crippen molar-refractivity contribution in [2.45, 2.75) is 6.04 Å². The zero-order chi connectivity index (χ0) is 7.84. The maximum atomic E-state index is 11.1. The summed E-state index contributed by atoms with van der Waals surface area (Å²) < 4.78 is 0. The van der Waals surface area contributed by atoms with Gasteiger partial charge in [0.25, 0.3) is 5.91 Å². The molecule has 0 saturated heterocycles. The van der Waals surface area contributed by atoms with Crippen LogP contribution in [0.15, 0.2) is 11.4 Å². The van der Waals surface area contributed by atoms with Gasteiger partial charge in [0.15, 0.2) is 0 Å². The van der Waals surface area contributed by atoms with E-state index in [1.165, 1.54) is 0 Å². The zero-order valence-electron chi connectivity index (χ0n) is 5.83. The van der Waals surface area contributed by atoms with Crippen LogP contribution >= 0.6 is 11.3 Å². The van der Waals surface area contributed by atoms with Crippen LogP contribution in [0, 0.1) is 0 Å². The van der Waals surface area contributed by atoms with Gasteiger partial charge in [-0.1, -0.05) is 0 Å². The third-order valence-corrected chi connectivity index (χ3v) is 2.81. The Bertz CT molecular complexity index is 294. The Morgan fingerprint density at radius 1 is 1.73 bits per heavy atom. The first-order chi connectivity index (χ1) is 5.29. The number of fused-ring (bicyclic) bond motifs is 1. The van der Waals surface area contributed by atoms with Gasteiger partial charge in [-0.15, -0.1) is 11.3 Å². The standard InChI is InChI=1S/C7H8N2OS/c8-5-3-9-7(10)4-1-2-11-6(4)5/h1-2,5H,3,8H2,(H,9,10). The molecule has 1 unspecified atom stereocenters. The molecule has 1 atom stereocenters. The normalized spacial score (nSPS) is 22.6. The van der Waals surface area contributed by atoms with Crippen LogP contribution in [0.1, 0.15) is 21.3 Å². The Labute approximate surface area is 68.2 Å². The second kappa shape index (κ2) is 2.32. The Morgan fingerprint density at radius 2 is 2.55 bits per heavy atom. The first kappa shape index (κ1) is 6.82. The summed E-state index contributed by atoms with van der Waals surface area (Å²) in [6.07, 6.45) is 0. The van der Waals surface area contributed by atoms with Gasteiger partial charge in [0.1, 0.15) is 0 Å². The molecule has 3 N–H and O–H groups in total. The molecule has 0 saturated carbocycles. The monoisotopic (exact) mass is 168 g/mol. The minimum Gasteiger partial charge on any atom is -0.350 e. The van der Waals surface area contributed by atoms with Gasteiger partial charge in [-0.3, -0.25) is 4.79 Å². The molecule has 0 aromatic carbocycles. The van der Waals surface area contributed by atoms with Crippen molar-refractivity contribution in [1.29, 1.82) is 0 Å². The van der Waals surface area contributed by atoms with E-state index in [2.05, 4.69) is 5.32 Å². The molecule has 1 aromatic heterocycles. The highest BCUT2D eigenvalue weighted by molar-refractivity contribution is 7.10. The summed E-state index contributed by atoms with van der Waals surface area (Å²) in [5, 5.41) is 4.62. The molecule has 0 spiro atoms. The molecular formula is C7H8N2OS. The van der Waals surface area contributed by atoms with E-state index in [0.717, 1.165) is 10.4 Å². The quantitative estimate of drug-likeness (QED) is 0.592. The summed E-state index contributed by atoms with van der Waals surface area (Å²) in [7, 11) is 0. The number of nitrogens with one attached hydrogen (secondary N) is 1. The van der Waals surface area contributed by atoms with Crippen molar-refractivity contribution in [3.05, 3.63) is 21.9 Å². The Morgan fingerprint density at radius 3 is 3.27 bits per heavy atom. The molecule has 1 aliphatic rings. The number of hydrogen-bond donors (Lipinski definition) is 2. The third-order valence-electron chi connectivity index (χ3n) is 1.76. The number of rotatable bonds is 0. The first-order valence-corrected chi connectivity index (χ1v) is 4.28. The second-order valence-corrected chi connectivity index (χ2v) is 3.46. The molecule has 4 heteroatoms. The number of nitrogens with two attached hydrogens (primary N) is 1. The fourth-order valence-corrected chi connectivity index (χ4v) is 2.08. The van der Waals surface area contributed by atoms with Crippen LogP contribution < -0.4 is 11.1 Å². The van der Waals surface area contributed by atoms with Crippen LogP contribution in [0.25, 0.3) is 0 Å². The van der Waals surface area contributed by atoms with Gasteiger partial charge in [0, 0.05) is 11.4 Å². The van der Waals surface area contributed by atoms with Gasteiger partial charge in [-0.2, -0.15) is 0 Å².